The zero-order chi connectivity index (χ0) is 21.8. The molecule has 0 unspecified atom stereocenters. The summed E-state index contributed by atoms with van der Waals surface area (Å²) in [5, 5.41) is 0. The second-order valence-electron chi connectivity index (χ2n) is 7.01. The van der Waals surface area contributed by atoms with Crippen LogP contribution in [0.15, 0.2) is 0 Å². The smallest absolute Gasteiger partial charge is 0.287 e. The Labute approximate surface area is 178 Å². The van der Waals surface area contributed by atoms with E-state index < -0.39 is 15.6 Å². The normalized spacial score (nSPS) is 12.6. The van der Waals surface area contributed by atoms with Crippen molar-refractivity contribution in [3.63, 3.8) is 0 Å². The first-order chi connectivity index (χ1) is 13.9. The standard InChI is InChI=1S/C20H44O7P2/c1-5-9-11-13-15-17-19-25-29(22,26-20-18-16-14-12-10-6-2)27-28(21,23-7-3)24-8-4/h5-20H2,1-4H3. The fraction of sp³-hybridized carbons (Fsp3) is 1.00. The summed E-state index contributed by atoms with van der Waals surface area (Å²) < 4.78 is 52.0. The molecule has 0 spiro atoms. The van der Waals surface area contributed by atoms with Crippen molar-refractivity contribution in [2.24, 2.45) is 0 Å². The van der Waals surface area contributed by atoms with Gasteiger partial charge in [0.25, 0.3) is 0 Å². The number of phosphoric ester groups is 2. The molecule has 0 aromatic carbocycles. The van der Waals surface area contributed by atoms with Gasteiger partial charge in [-0.1, -0.05) is 78.1 Å². The van der Waals surface area contributed by atoms with Gasteiger partial charge in [0.2, 0.25) is 0 Å². The lowest BCUT2D eigenvalue weighted by atomic mass is 10.1. The van der Waals surface area contributed by atoms with Crippen LogP contribution < -0.4 is 0 Å². The first kappa shape index (κ1) is 29.3. The highest BCUT2D eigenvalue weighted by Gasteiger charge is 2.40. The maximum Gasteiger partial charge on any atom is 0.483 e. The molecule has 0 bridgehead atoms. The zero-order valence-corrected chi connectivity index (χ0v) is 20.9. The molecule has 0 rings (SSSR count). The SMILES string of the molecule is CCCCCCCCOP(=O)(OCCCCCCCC)OP(=O)(OCC)OCC. The Kier molecular flexibility index (Phi) is 19.2. The Morgan fingerprint density at radius 2 is 0.828 bits per heavy atom. The molecule has 0 radical (unpaired) electrons. The summed E-state index contributed by atoms with van der Waals surface area (Å²) in [5.41, 5.74) is 0. The average molecular weight is 459 g/mol. The van der Waals surface area contributed by atoms with Gasteiger partial charge in [-0.05, 0) is 26.7 Å². The molecule has 0 aliphatic heterocycles. The number of phosphoric acid groups is 2. The molecule has 9 heteroatoms. The quantitative estimate of drug-likeness (QED) is 0.120. The third-order valence-corrected chi connectivity index (χ3v) is 8.02. The Balaban J connectivity index is 4.59. The van der Waals surface area contributed by atoms with E-state index in [1.165, 1.54) is 38.5 Å². The second kappa shape index (κ2) is 19.0. The van der Waals surface area contributed by atoms with E-state index in [1.807, 2.05) is 0 Å². The Hall–Kier alpha value is 0.260. The molecule has 0 fully saturated rings. The summed E-state index contributed by atoms with van der Waals surface area (Å²) in [6, 6.07) is 0. The molecule has 0 aliphatic rings. The van der Waals surface area contributed by atoms with E-state index in [4.69, 9.17) is 22.4 Å². The summed E-state index contributed by atoms with van der Waals surface area (Å²) >= 11 is 0. The van der Waals surface area contributed by atoms with Gasteiger partial charge in [-0.15, -0.1) is 0 Å². The van der Waals surface area contributed by atoms with E-state index in [0.717, 1.165) is 38.5 Å². The summed E-state index contributed by atoms with van der Waals surface area (Å²) in [6.07, 6.45) is 12.8. The lowest BCUT2D eigenvalue weighted by molar-refractivity contribution is 0.112. The van der Waals surface area contributed by atoms with E-state index in [9.17, 15) is 9.13 Å². The summed E-state index contributed by atoms with van der Waals surface area (Å²) in [6.45, 7) is 8.32. The minimum atomic E-state index is -4.04. The Bertz CT molecular complexity index is 428. The molecule has 176 valence electrons. The number of hydrogen-bond donors (Lipinski definition) is 0. The predicted molar refractivity (Wildman–Crippen MR) is 118 cm³/mol. The number of rotatable bonds is 22. The monoisotopic (exact) mass is 458 g/mol. The molecule has 0 saturated carbocycles. The van der Waals surface area contributed by atoms with Crippen molar-refractivity contribution in [2.45, 2.75) is 105 Å². The summed E-state index contributed by atoms with van der Waals surface area (Å²) in [7, 11) is -8.03. The van der Waals surface area contributed by atoms with Gasteiger partial charge >= 0.3 is 15.6 Å². The van der Waals surface area contributed by atoms with Gasteiger partial charge in [0.1, 0.15) is 0 Å². The van der Waals surface area contributed by atoms with Crippen LogP contribution >= 0.6 is 15.6 Å². The minimum absolute atomic E-state index is 0.103. The highest BCUT2D eigenvalue weighted by atomic mass is 31.3. The lowest BCUT2D eigenvalue weighted by Gasteiger charge is -2.22. The summed E-state index contributed by atoms with van der Waals surface area (Å²) in [5.74, 6) is 0. The largest absolute Gasteiger partial charge is 0.483 e. The molecule has 0 aliphatic carbocycles. The molecular formula is C20H44O7P2. The lowest BCUT2D eigenvalue weighted by Crippen LogP contribution is -2.05. The average Bonchev–Trinajstić information content (AvgIpc) is 2.67. The van der Waals surface area contributed by atoms with Crippen LogP contribution in [0.1, 0.15) is 105 Å². The maximum absolute atomic E-state index is 13.0. The van der Waals surface area contributed by atoms with Gasteiger partial charge < -0.3 is 0 Å². The minimum Gasteiger partial charge on any atom is -0.287 e. The van der Waals surface area contributed by atoms with Crippen LogP contribution in [0.5, 0.6) is 0 Å². The van der Waals surface area contributed by atoms with Crippen LogP contribution in [0, 0.1) is 0 Å². The molecule has 0 saturated heterocycles. The van der Waals surface area contributed by atoms with Crippen molar-refractivity contribution in [3.8, 4) is 0 Å². The third-order valence-electron chi connectivity index (χ3n) is 4.27. The third kappa shape index (κ3) is 16.6. The van der Waals surface area contributed by atoms with Crippen molar-refractivity contribution in [1.82, 2.24) is 0 Å². The van der Waals surface area contributed by atoms with Gasteiger partial charge in [0.15, 0.2) is 0 Å². The second-order valence-corrected chi connectivity index (χ2v) is 10.5. The maximum atomic E-state index is 13.0. The van der Waals surface area contributed by atoms with E-state index in [2.05, 4.69) is 13.8 Å². The van der Waals surface area contributed by atoms with Crippen LogP contribution in [-0.2, 0) is 31.5 Å². The highest BCUT2D eigenvalue weighted by molar-refractivity contribution is 7.62. The van der Waals surface area contributed by atoms with Crippen LogP contribution in [0.2, 0.25) is 0 Å². The zero-order valence-electron chi connectivity index (χ0n) is 19.1. The Morgan fingerprint density at radius 1 is 0.483 bits per heavy atom. The van der Waals surface area contributed by atoms with Crippen molar-refractivity contribution in [2.75, 3.05) is 26.4 Å². The molecule has 0 heterocycles. The fourth-order valence-electron chi connectivity index (χ4n) is 2.73. The van der Waals surface area contributed by atoms with Crippen LogP contribution in [0.4, 0.5) is 0 Å². The van der Waals surface area contributed by atoms with Crippen LogP contribution in [0.25, 0.3) is 0 Å². The number of unbranched alkanes of at least 4 members (excludes halogenated alkanes) is 10. The van der Waals surface area contributed by atoms with Crippen molar-refractivity contribution in [3.05, 3.63) is 0 Å². The molecule has 0 amide bonds. The highest BCUT2D eigenvalue weighted by Crippen LogP contribution is 2.66. The summed E-state index contributed by atoms with van der Waals surface area (Å²) in [4.78, 5) is 0. The molecule has 0 N–H and O–H groups in total. The van der Waals surface area contributed by atoms with Gasteiger partial charge in [0.05, 0.1) is 26.4 Å². The van der Waals surface area contributed by atoms with E-state index >= 15 is 0 Å². The van der Waals surface area contributed by atoms with Crippen LogP contribution in [-0.4, -0.2) is 26.4 Å². The topological polar surface area (TPSA) is 80.3 Å². The van der Waals surface area contributed by atoms with Gasteiger partial charge in [0, 0.05) is 0 Å². The van der Waals surface area contributed by atoms with Crippen molar-refractivity contribution in [1.29, 1.82) is 0 Å². The van der Waals surface area contributed by atoms with E-state index in [1.54, 1.807) is 13.8 Å². The molecule has 29 heavy (non-hydrogen) atoms. The molecule has 0 aromatic heterocycles. The van der Waals surface area contributed by atoms with E-state index in [-0.39, 0.29) is 26.4 Å². The first-order valence-corrected chi connectivity index (χ1v) is 14.4. The fourth-order valence-corrected chi connectivity index (χ4v) is 5.95. The predicted octanol–water partition coefficient (Wildman–Crippen LogP) is 8.05. The Morgan fingerprint density at radius 3 is 1.21 bits per heavy atom. The van der Waals surface area contributed by atoms with Crippen LogP contribution in [0.3, 0.4) is 0 Å². The molecule has 0 aromatic rings. The van der Waals surface area contributed by atoms with Gasteiger partial charge in [-0.25, -0.2) is 9.13 Å². The molecule has 0 atom stereocenters. The van der Waals surface area contributed by atoms with Gasteiger partial charge in [-0.2, -0.15) is 4.31 Å². The number of hydrogen-bond acceptors (Lipinski definition) is 7. The van der Waals surface area contributed by atoms with Crippen molar-refractivity contribution >= 4 is 15.6 Å². The molecule has 7 nitrogen and oxygen atoms in total. The van der Waals surface area contributed by atoms with E-state index in [0.29, 0.717) is 0 Å². The van der Waals surface area contributed by atoms with Crippen molar-refractivity contribution < 1.29 is 31.5 Å². The molecular weight excluding hydrogens is 414 g/mol. The first-order valence-electron chi connectivity index (χ1n) is 11.4. The van der Waals surface area contributed by atoms with Gasteiger partial charge in [-0.3, -0.25) is 18.1 Å².